The molecule has 5 nitrogen and oxygen atoms in total. The largest absolute Gasteiger partial charge is 0.497 e. The standard InChI is InChI=1S/C21H17ClN2O3/c1-26-16-4-2-3-13(10-16)19-12-17(27-24-19)6-8-21(25)20-11-14-9-15(22)5-7-18(14)23-20/h2-5,7,9-12,23H,6,8H2,1H3. The fourth-order valence-electron chi connectivity index (χ4n) is 2.97. The predicted octanol–water partition coefficient (Wildman–Crippen LogP) is 5.30. The van der Waals surface area contributed by atoms with Crippen molar-refractivity contribution in [2.75, 3.05) is 7.11 Å². The minimum atomic E-state index is 0.0154. The Kier molecular flexibility index (Phi) is 4.69. The molecule has 6 heteroatoms. The van der Waals surface area contributed by atoms with Crippen LogP contribution < -0.4 is 4.74 Å². The van der Waals surface area contributed by atoms with E-state index in [0.29, 0.717) is 29.3 Å². The number of benzene rings is 2. The van der Waals surface area contributed by atoms with Crippen LogP contribution in [0.3, 0.4) is 0 Å². The van der Waals surface area contributed by atoms with E-state index in [1.54, 1.807) is 13.2 Å². The summed E-state index contributed by atoms with van der Waals surface area (Å²) in [6.07, 6.45) is 0.805. The summed E-state index contributed by atoms with van der Waals surface area (Å²) in [7, 11) is 1.62. The summed E-state index contributed by atoms with van der Waals surface area (Å²) in [6, 6.07) is 16.8. The number of hydrogen-bond acceptors (Lipinski definition) is 4. The number of Topliss-reactive ketones (excluding diaryl/α,β-unsaturated/α-hetero) is 1. The first-order valence-electron chi connectivity index (χ1n) is 8.54. The predicted molar refractivity (Wildman–Crippen MR) is 104 cm³/mol. The minimum absolute atomic E-state index is 0.0154. The van der Waals surface area contributed by atoms with Gasteiger partial charge in [0.1, 0.15) is 17.2 Å². The summed E-state index contributed by atoms with van der Waals surface area (Å²) in [5.74, 6) is 1.44. The molecule has 0 radical (unpaired) electrons. The lowest BCUT2D eigenvalue weighted by Gasteiger charge is -2.00. The Balaban J connectivity index is 1.45. The Hall–Kier alpha value is -3.05. The van der Waals surface area contributed by atoms with E-state index in [1.165, 1.54) is 0 Å². The highest BCUT2D eigenvalue weighted by atomic mass is 35.5. The Bertz CT molecular complexity index is 1110. The number of aromatic amines is 1. The summed E-state index contributed by atoms with van der Waals surface area (Å²) in [5.41, 5.74) is 3.09. The number of carbonyl (C=O) groups is 1. The molecule has 4 aromatic rings. The first kappa shape index (κ1) is 17.4. The van der Waals surface area contributed by atoms with Crippen LogP contribution in [0.2, 0.25) is 5.02 Å². The van der Waals surface area contributed by atoms with Crippen molar-refractivity contribution in [2.24, 2.45) is 0 Å². The maximum atomic E-state index is 12.5. The van der Waals surface area contributed by atoms with Gasteiger partial charge in [-0.25, -0.2) is 0 Å². The van der Waals surface area contributed by atoms with Crippen molar-refractivity contribution < 1.29 is 14.1 Å². The summed E-state index contributed by atoms with van der Waals surface area (Å²) >= 11 is 5.99. The van der Waals surface area contributed by atoms with E-state index in [-0.39, 0.29) is 5.78 Å². The van der Waals surface area contributed by atoms with Crippen LogP contribution >= 0.6 is 11.6 Å². The highest BCUT2D eigenvalue weighted by Gasteiger charge is 2.13. The van der Waals surface area contributed by atoms with Crippen molar-refractivity contribution >= 4 is 28.3 Å². The zero-order valence-corrected chi connectivity index (χ0v) is 15.4. The van der Waals surface area contributed by atoms with E-state index in [9.17, 15) is 4.79 Å². The van der Waals surface area contributed by atoms with Crippen LogP contribution in [0.25, 0.3) is 22.2 Å². The van der Waals surface area contributed by atoms with Gasteiger partial charge in [-0.1, -0.05) is 28.9 Å². The van der Waals surface area contributed by atoms with Crippen LogP contribution in [0.5, 0.6) is 5.75 Å². The molecule has 2 aromatic heterocycles. The molecule has 0 unspecified atom stereocenters. The average Bonchev–Trinajstić information content (AvgIpc) is 3.33. The number of carbonyl (C=O) groups excluding carboxylic acids is 1. The Morgan fingerprint density at radius 1 is 1.19 bits per heavy atom. The fourth-order valence-corrected chi connectivity index (χ4v) is 3.15. The summed E-state index contributed by atoms with van der Waals surface area (Å²) in [6.45, 7) is 0. The number of H-pyrrole nitrogens is 1. The van der Waals surface area contributed by atoms with E-state index in [0.717, 1.165) is 27.9 Å². The molecule has 0 bridgehead atoms. The summed E-state index contributed by atoms with van der Waals surface area (Å²) in [5, 5.41) is 5.66. The Labute approximate surface area is 160 Å². The average molecular weight is 381 g/mol. The molecule has 1 N–H and O–H groups in total. The number of aryl methyl sites for hydroxylation is 1. The lowest BCUT2D eigenvalue weighted by Crippen LogP contribution is -2.00. The number of hydrogen-bond donors (Lipinski definition) is 1. The molecule has 0 aliphatic heterocycles. The molecule has 0 amide bonds. The fraction of sp³-hybridized carbons (Fsp3) is 0.143. The first-order chi connectivity index (χ1) is 13.1. The Morgan fingerprint density at radius 2 is 2.07 bits per heavy atom. The number of nitrogens with zero attached hydrogens (tertiary/aromatic N) is 1. The molecule has 0 spiro atoms. The first-order valence-corrected chi connectivity index (χ1v) is 8.91. The molecule has 0 saturated carbocycles. The molecule has 0 saturated heterocycles. The second-order valence-electron chi connectivity index (χ2n) is 6.25. The molecule has 4 rings (SSSR count). The maximum Gasteiger partial charge on any atom is 0.179 e. The van der Waals surface area contributed by atoms with Crippen molar-refractivity contribution in [3.8, 4) is 17.0 Å². The SMILES string of the molecule is COc1cccc(-c2cc(CCC(=O)c3cc4cc(Cl)ccc4[nH]3)on2)c1. The second kappa shape index (κ2) is 7.29. The molecule has 0 aliphatic carbocycles. The van der Waals surface area contributed by atoms with Crippen LogP contribution in [-0.4, -0.2) is 23.0 Å². The third-order valence-electron chi connectivity index (χ3n) is 4.41. The highest BCUT2D eigenvalue weighted by Crippen LogP contribution is 2.25. The number of ketones is 1. The minimum Gasteiger partial charge on any atom is -0.497 e. The van der Waals surface area contributed by atoms with E-state index in [2.05, 4.69) is 10.1 Å². The topological polar surface area (TPSA) is 68.1 Å². The Morgan fingerprint density at radius 3 is 2.93 bits per heavy atom. The molecule has 2 heterocycles. The van der Waals surface area contributed by atoms with Gasteiger partial charge >= 0.3 is 0 Å². The molecule has 0 aliphatic rings. The second-order valence-corrected chi connectivity index (χ2v) is 6.68. The molecule has 2 aromatic carbocycles. The molecule has 0 fully saturated rings. The van der Waals surface area contributed by atoms with Crippen molar-refractivity contribution in [1.82, 2.24) is 10.1 Å². The monoisotopic (exact) mass is 380 g/mol. The van der Waals surface area contributed by atoms with Gasteiger partial charge in [0, 0.05) is 40.4 Å². The van der Waals surface area contributed by atoms with Crippen molar-refractivity contribution in [3.05, 3.63) is 71.1 Å². The zero-order valence-electron chi connectivity index (χ0n) is 14.7. The van der Waals surface area contributed by atoms with Gasteiger partial charge in [0.15, 0.2) is 5.78 Å². The van der Waals surface area contributed by atoms with Crippen molar-refractivity contribution in [3.63, 3.8) is 0 Å². The van der Waals surface area contributed by atoms with E-state index in [4.69, 9.17) is 20.9 Å². The molecular formula is C21H17ClN2O3. The van der Waals surface area contributed by atoms with Crippen LogP contribution in [-0.2, 0) is 6.42 Å². The van der Waals surface area contributed by atoms with Gasteiger partial charge in [-0.05, 0) is 36.4 Å². The number of fused-ring (bicyclic) bond motifs is 1. The quantitative estimate of drug-likeness (QED) is 0.461. The number of aromatic nitrogens is 2. The molecule has 27 heavy (non-hydrogen) atoms. The van der Waals surface area contributed by atoms with Gasteiger partial charge in [-0.2, -0.15) is 0 Å². The van der Waals surface area contributed by atoms with Gasteiger partial charge < -0.3 is 14.2 Å². The zero-order chi connectivity index (χ0) is 18.8. The highest BCUT2D eigenvalue weighted by molar-refractivity contribution is 6.31. The van der Waals surface area contributed by atoms with Crippen molar-refractivity contribution in [1.29, 1.82) is 0 Å². The van der Waals surface area contributed by atoms with Gasteiger partial charge in [0.05, 0.1) is 12.8 Å². The van der Waals surface area contributed by atoms with Crippen LogP contribution in [0.15, 0.2) is 59.1 Å². The normalized spacial score (nSPS) is 11.0. The molecule has 136 valence electrons. The van der Waals surface area contributed by atoms with Crippen LogP contribution in [0, 0.1) is 0 Å². The van der Waals surface area contributed by atoms with Gasteiger partial charge in [0.25, 0.3) is 0 Å². The number of rotatable bonds is 6. The summed E-state index contributed by atoms with van der Waals surface area (Å²) < 4.78 is 10.6. The van der Waals surface area contributed by atoms with E-state index >= 15 is 0 Å². The van der Waals surface area contributed by atoms with E-state index in [1.807, 2.05) is 48.5 Å². The number of methoxy groups -OCH3 is 1. The van der Waals surface area contributed by atoms with E-state index < -0.39 is 0 Å². The smallest absolute Gasteiger partial charge is 0.179 e. The summed E-state index contributed by atoms with van der Waals surface area (Å²) in [4.78, 5) is 15.6. The van der Waals surface area contributed by atoms with Crippen LogP contribution in [0.4, 0.5) is 0 Å². The molecular weight excluding hydrogens is 364 g/mol. The third-order valence-corrected chi connectivity index (χ3v) is 4.64. The maximum absolute atomic E-state index is 12.5. The van der Waals surface area contributed by atoms with Crippen molar-refractivity contribution in [2.45, 2.75) is 12.8 Å². The van der Waals surface area contributed by atoms with Gasteiger partial charge in [-0.15, -0.1) is 0 Å². The lowest BCUT2D eigenvalue weighted by molar-refractivity contribution is 0.0976. The number of ether oxygens (including phenoxy) is 1. The number of nitrogens with one attached hydrogen (secondary N) is 1. The third kappa shape index (κ3) is 3.73. The van der Waals surface area contributed by atoms with Gasteiger partial charge in [0.2, 0.25) is 0 Å². The molecule has 0 atom stereocenters. The number of halogens is 1. The lowest BCUT2D eigenvalue weighted by atomic mass is 10.1. The van der Waals surface area contributed by atoms with Gasteiger partial charge in [-0.3, -0.25) is 4.79 Å². The van der Waals surface area contributed by atoms with Crippen LogP contribution in [0.1, 0.15) is 22.7 Å².